The smallest absolute Gasteiger partial charge is 0.164 e. The molecule has 1 saturated heterocycles. The van der Waals surface area contributed by atoms with Crippen LogP contribution in [0.3, 0.4) is 0 Å². The van der Waals surface area contributed by atoms with Gasteiger partial charge in [-0.25, -0.2) is 14.6 Å². The summed E-state index contributed by atoms with van der Waals surface area (Å²) >= 11 is 1.86. The van der Waals surface area contributed by atoms with Crippen molar-refractivity contribution in [3.8, 4) is 10.6 Å². The minimum Gasteiger partial charge on any atom is -0.383 e. The topological polar surface area (TPSA) is 86.5 Å². The van der Waals surface area contributed by atoms with Crippen LogP contribution >= 0.6 is 11.3 Å². The van der Waals surface area contributed by atoms with Crippen molar-refractivity contribution in [1.82, 2.24) is 29.0 Å². The van der Waals surface area contributed by atoms with Gasteiger partial charge < -0.3 is 14.9 Å². The Morgan fingerprint density at radius 3 is 2.85 bits per heavy atom. The first-order valence-corrected chi connectivity index (χ1v) is 12.4. The Morgan fingerprint density at radius 2 is 2.00 bits per heavy atom. The number of aromatic nitrogens is 5. The Labute approximate surface area is 201 Å². The second kappa shape index (κ2) is 8.50. The summed E-state index contributed by atoms with van der Waals surface area (Å²) in [5.74, 6) is 0.467. The molecule has 1 aliphatic heterocycles. The van der Waals surface area contributed by atoms with E-state index in [2.05, 4.69) is 68.8 Å². The average Bonchev–Trinajstić information content (AvgIpc) is 3.55. The second-order valence-corrected chi connectivity index (χ2v) is 9.93. The molecule has 2 N–H and O–H groups in total. The molecular formula is C25H27N7OS. The molecule has 34 heavy (non-hydrogen) atoms. The molecule has 0 aromatic carbocycles. The lowest BCUT2D eigenvalue weighted by atomic mass is 10.1. The van der Waals surface area contributed by atoms with Crippen LogP contribution in [0.25, 0.3) is 27.1 Å². The number of fused-ring (bicyclic) bond motifs is 2. The van der Waals surface area contributed by atoms with Crippen molar-refractivity contribution in [3.63, 3.8) is 0 Å². The number of morpholine rings is 1. The number of thiophene rings is 1. The maximum absolute atomic E-state index is 6.15. The van der Waals surface area contributed by atoms with E-state index < -0.39 is 0 Å². The molecule has 5 aromatic rings. The molecule has 6 heterocycles. The van der Waals surface area contributed by atoms with Crippen LogP contribution in [0.1, 0.15) is 29.1 Å². The molecule has 0 spiro atoms. The molecule has 1 fully saturated rings. The van der Waals surface area contributed by atoms with Crippen LogP contribution in [0.4, 0.5) is 5.82 Å². The molecule has 5 aromatic heterocycles. The number of ether oxygens (including phenoxy) is 1. The van der Waals surface area contributed by atoms with Crippen LogP contribution in [0.15, 0.2) is 48.9 Å². The molecule has 0 amide bonds. The van der Waals surface area contributed by atoms with Gasteiger partial charge in [-0.1, -0.05) is 6.07 Å². The third-order valence-corrected chi connectivity index (χ3v) is 7.67. The molecule has 0 bridgehead atoms. The summed E-state index contributed by atoms with van der Waals surface area (Å²) in [6.45, 7) is 8.69. The third kappa shape index (κ3) is 3.56. The zero-order chi connectivity index (χ0) is 23.2. The predicted molar refractivity (Wildman–Crippen MR) is 135 cm³/mol. The van der Waals surface area contributed by atoms with Crippen molar-refractivity contribution >= 4 is 33.7 Å². The lowest BCUT2D eigenvalue weighted by Gasteiger charge is -2.25. The first kappa shape index (κ1) is 21.3. The highest BCUT2D eigenvalue weighted by atomic mass is 32.1. The number of nitrogens with two attached hydrogens (primary N) is 1. The molecular weight excluding hydrogens is 446 g/mol. The van der Waals surface area contributed by atoms with Gasteiger partial charge in [-0.2, -0.15) is 5.10 Å². The standard InChI is InChI=1S/C25H27N7OS/c1-16-22-24(26)27-15-28-25(22)32(29-16)17(2)20-13-18-5-3-4-8-31(18)23(20)21-7-6-19(34-21)14-30-9-11-33-12-10-30/h3-8,13,15,17H,9-12,14H2,1-2H3,(H2,26,27,28). The summed E-state index contributed by atoms with van der Waals surface area (Å²) in [6, 6.07) is 13.0. The number of hydrogen-bond acceptors (Lipinski definition) is 7. The van der Waals surface area contributed by atoms with Gasteiger partial charge in [-0.05, 0) is 44.2 Å². The third-order valence-electron chi connectivity index (χ3n) is 6.60. The fourth-order valence-electron chi connectivity index (χ4n) is 4.86. The van der Waals surface area contributed by atoms with Crippen LogP contribution in [-0.4, -0.2) is 55.4 Å². The van der Waals surface area contributed by atoms with E-state index >= 15 is 0 Å². The first-order chi connectivity index (χ1) is 16.6. The van der Waals surface area contributed by atoms with Gasteiger partial charge in [-0.3, -0.25) is 4.90 Å². The lowest BCUT2D eigenvalue weighted by Crippen LogP contribution is -2.35. The SMILES string of the molecule is Cc1nn(C(C)c2cc3ccccn3c2-c2ccc(CN3CCOCC3)s2)c2ncnc(N)c12. The van der Waals surface area contributed by atoms with Crippen LogP contribution in [0.5, 0.6) is 0 Å². The van der Waals surface area contributed by atoms with Crippen molar-refractivity contribution in [3.05, 3.63) is 65.1 Å². The Kier molecular flexibility index (Phi) is 5.32. The van der Waals surface area contributed by atoms with Gasteiger partial charge in [-0.15, -0.1) is 11.3 Å². The van der Waals surface area contributed by atoms with Crippen molar-refractivity contribution in [2.45, 2.75) is 26.4 Å². The minimum absolute atomic E-state index is 0.0369. The fraction of sp³-hybridized carbons (Fsp3) is 0.320. The van der Waals surface area contributed by atoms with Crippen molar-refractivity contribution in [1.29, 1.82) is 0 Å². The van der Waals surface area contributed by atoms with Gasteiger partial charge in [0.25, 0.3) is 0 Å². The zero-order valence-electron chi connectivity index (χ0n) is 19.3. The van der Waals surface area contributed by atoms with Crippen LogP contribution in [-0.2, 0) is 11.3 Å². The molecule has 1 unspecified atom stereocenters. The molecule has 0 saturated carbocycles. The van der Waals surface area contributed by atoms with E-state index in [1.165, 1.54) is 27.3 Å². The maximum atomic E-state index is 6.15. The fourth-order valence-corrected chi connectivity index (χ4v) is 5.98. The van der Waals surface area contributed by atoms with E-state index in [1.54, 1.807) is 0 Å². The van der Waals surface area contributed by atoms with Crippen molar-refractivity contribution in [2.24, 2.45) is 0 Å². The van der Waals surface area contributed by atoms with Gasteiger partial charge in [0, 0.05) is 41.8 Å². The Bertz CT molecular complexity index is 1480. The number of pyridine rings is 1. The van der Waals surface area contributed by atoms with E-state index in [4.69, 9.17) is 15.6 Å². The molecule has 0 aliphatic carbocycles. The highest BCUT2D eigenvalue weighted by Gasteiger charge is 2.24. The maximum Gasteiger partial charge on any atom is 0.164 e. The summed E-state index contributed by atoms with van der Waals surface area (Å²) in [5.41, 5.74) is 11.3. The number of hydrogen-bond donors (Lipinski definition) is 1. The largest absolute Gasteiger partial charge is 0.383 e. The van der Waals surface area contributed by atoms with Crippen LogP contribution in [0.2, 0.25) is 0 Å². The van der Waals surface area contributed by atoms with E-state index in [0.717, 1.165) is 55.1 Å². The van der Waals surface area contributed by atoms with E-state index in [1.807, 2.05) is 22.9 Å². The summed E-state index contributed by atoms with van der Waals surface area (Å²) in [7, 11) is 0. The molecule has 8 nitrogen and oxygen atoms in total. The number of nitrogen functional groups attached to an aromatic ring is 1. The van der Waals surface area contributed by atoms with E-state index in [9.17, 15) is 0 Å². The molecule has 1 atom stereocenters. The average molecular weight is 474 g/mol. The summed E-state index contributed by atoms with van der Waals surface area (Å²) in [4.78, 5) is 13.8. The van der Waals surface area contributed by atoms with Crippen LogP contribution in [0, 0.1) is 6.92 Å². The van der Waals surface area contributed by atoms with E-state index in [0.29, 0.717) is 5.82 Å². The highest BCUT2D eigenvalue weighted by Crippen LogP contribution is 2.38. The molecule has 9 heteroatoms. The van der Waals surface area contributed by atoms with Crippen LogP contribution < -0.4 is 5.73 Å². The normalized spacial score (nSPS) is 15.9. The number of nitrogens with zero attached hydrogens (tertiary/aromatic N) is 6. The zero-order valence-corrected chi connectivity index (χ0v) is 20.1. The summed E-state index contributed by atoms with van der Waals surface area (Å²) < 4.78 is 9.76. The van der Waals surface area contributed by atoms with Crippen molar-refractivity contribution in [2.75, 3.05) is 32.0 Å². The predicted octanol–water partition coefficient (Wildman–Crippen LogP) is 4.14. The number of aryl methyl sites for hydroxylation is 1. The lowest BCUT2D eigenvalue weighted by molar-refractivity contribution is 0.0346. The summed E-state index contributed by atoms with van der Waals surface area (Å²) in [5, 5.41) is 5.65. The van der Waals surface area contributed by atoms with Gasteiger partial charge in [0.1, 0.15) is 12.1 Å². The Hall–Kier alpha value is -3.27. The number of anilines is 1. The quantitative estimate of drug-likeness (QED) is 0.413. The van der Waals surface area contributed by atoms with Gasteiger partial charge in [0.2, 0.25) is 0 Å². The molecule has 1 aliphatic rings. The first-order valence-electron chi connectivity index (χ1n) is 11.5. The molecule has 174 valence electrons. The Balaban J connectivity index is 1.44. The highest BCUT2D eigenvalue weighted by molar-refractivity contribution is 7.15. The van der Waals surface area contributed by atoms with Gasteiger partial charge in [0.05, 0.1) is 40.9 Å². The number of rotatable bonds is 5. The molecule has 6 rings (SSSR count). The Morgan fingerprint density at radius 1 is 1.15 bits per heavy atom. The van der Waals surface area contributed by atoms with Gasteiger partial charge in [0.15, 0.2) is 5.65 Å². The minimum atomic E-state index is -0.0369. The monoisotopic (exact) mass is 473 g/mol. The molecule has 0 radical (unpaired) electrons. The van der Waals surface area contributed by atoms with Gasteiger partial charge >= 0.3 is 0 Å². The summed E-state index contributed by atoms with van der Waals surface area (Å²) in [6.07, 6.45) is 3.64. The van der Waals surface area contributed by atoms with E-state index in [-0.39, 0.29) is 6.04 Å². The second-order valence-electron chi connectivity index (χ2n) is 8.76. The van der Waals surface area contributed by atoms with Crippen molar-refractivity contribution < 1.29 is 4.74 Å².